The predicted molar refractivity (Wildman–Crippen MR) is 84.6 cm³/mol. The molecule has 0 unspecified atom stereocenters. The Kier molecular flexibility index (Phi) is 4.54. The number of non-ortho nitro benzene ring substituents is 1. The van der Waals surface area contributed by atoms with Crippen LogP contribution in [-0.2, 0) is 0 Å². The van der Waals surface area contributed by atoms with Gasteiger partial charge in [0.05, 0.1) is 10.6 Å². The molecule has 0 aliphatic heterocycles. The Balaban J connectivity index is 2.10. The highest BCUT2D eigenvalue weighted by atomic mass is 79.9. The van der Waals surface area contributed by atoms with Crippen molar-refractivity contribution in [1.82, 2.24) is 0 Å². The van der Waals surface area contributed by atoms with Crippen LogP contribution >= 0.6 is 15.9 Å². The second-order valence-electron chi connectivity index (χ2n) is 4.37. The Morgan fingerprint density at radius 3 is 2.67 bits per heavy atom. The molecule has 108 valence electrons. The molecule has 0 bridgehead atoms. The van der Waals surface area contributed by atoms with Gasteiger partial charge in [0.25, 0.3) is 5.69 Å². The van der Waals surface area contributed by atoms with Crippen LogP contribution in [0.2, 0.25) is 0 Å². The minimum absolute atomic E-state index is 0.0791. The first-order chi connectivity index (χ1) is 9.95. The van der Waals surface area contributed by atoms with Crippen molar-refractivity contribution in [2.24, 2.45) is 0 Å². The van der Waals surface area contributed by atoms with E-state index in [1.165, 1.54) is 18.2 Å². The number of amides is 2. The normalized spacial score (nSPS) is 10.0. The van der Waals surface area contributed by atoms with E-state index in [1.54, 1.807) is 6.07 Å². The molecule has 0 atom stereocenters. The lowest BCUT2D eigenvalue weighted by molar-refractivity contribution is -0.384. The predicted octanol–water partition coefficient (Wildman–Crippen LogP) is 4.31. The van der Waals surface area contributed by atoms with E-state index in [0.717, 1.165) is 10.0 Å². The molecule has 2 N–H and O–H groups in total. The third kappa shape index (κ3) is 4.03. The van der Waals surface area contributed by atoms with Crippen LogP contribution < -0.4 is 10.6 Å². The second kappa shape index (κ2) is 6.36. The number of anilines is 2. The number of nitro benzene ring substituents is 1. The van der Waals surface area contributed by atoms with Gasteiger partial charge in [0.1, 0.15) is 0 Å². The highest BCUT2D eigenvalue weighted by Crippen LogP contribution is 2.24. The van der Waals surface area contributed by atoms with Crippen molar-refractivity contribution >= 4 is 39.0 Å². The van der Waals surface area contributed by atoms with Gasteiger partial charge in [-0.15, -0.1) is 0 Å². The van der Waals surface area contributed by atoms with Gasteiger partial charge in [-0.2, -0.15) is 0 Å². The maximum atomic E-state index is 11.9. The number of benzene rings is 2. The zero-order valence-corrected chi connectivity index (χ0v) is 12.7. The molecule has 0 spiro atoms. The quantitative estimate of drug-likeness (QED) is 0.639. The molecule has 2 aromatic carbocycles. The average molecular weight is 350 g/mol. The summed E-state index contributed by atoms with van der Waals surface area (Å²) in [6.07, 6.45) is 0. The standard InChI is InChI=1S/C14H12BrN3O3/c1-9-5-6-12(15)13(7-9)17-14(19)16-10-3-2-4-11(8-10)18(20)21/h2-8H,1H3,(H2,16,17,19). The molecule has 21 heavy (non-hydrogen) atoms. The summed E-state index contributed by atoms with van der Waals surface area (Å²) in [5.41, 5.74) is 1.90. The first-order valence-electron chi connectivity index (χ1n) is 6.04. The fourth-order valence-electron chi connectivity index (χ4n) is 1.72. The van der Waals surface area contributed by atoms with E-state index in [0.29, 0.717) is 11.4 Å². The molecule has 0 aliphatic rings. The highest BCUT2D eigenvalue weighted by Gasteiger charge is 2.09. The molecule has 0 saturated carbocycles. The fourth-order valence-corrected chi connectivity index (χ4v) is 2.06. The lowest BCUT2D eigenvalue weighted by Gasteiger charge is -2.09. The fraction of sp³-hybridized carbons (Fsp3) is 0.0714. The zero-order chi connectivity index (χ0) is 15.4. The topological polar surface area (TPSA) is 84.3 Å². The van der Waals surface area contributed by atoms with Crippen LogP contribution in [0.5, 0.6) is 0 Å². The molecule has 2 amide bonds. The van der Waals surface area contributed by atoms with E-state index in [9.17, 15) is 14.9 Å². The van der Waals surface area contributed by atoms with Crippen LogP contribution in [0.25, 0.3) is 0 Å². The van der Waals surface area contributed by atoms with Crippen LogP contribution in [0.15, 0.2) is 46.9 Å². The Hall–Kier alpha value is -2.41. The Bertz CT molecular complexity index is 704. The monoisotopic (exact) mass is 349 g/mol. The van der Waals surface area contributed by atoms with Crippen molar-refractivity contribution < 1.29 is 9.72 Å². The summed E-state index contributed by atoms with van der Waals surface area (Å²) in [6, 6.07) is 10.8. The van der Waals surface area contributed by atoms with Gasteiger partial charge >= 0.3 is 6.03 Å². The third-order valence-electron chi connectivity index (χ3n) is 2.68. The van der Waals surface area contributed by atoms with Crippen LogP contribution in [0.3, 0.4) is 0 Å². The smallest absolute Gasteiger partial charge is 0.307 e. The summed E-state index contributed by atoms with van der Waals surface area (Å²) in [5, 5.41) is 15.9. The number of halogens is 1. The van der Waals surface area contributed by atoms with Crippen LogP contribution in [-0.4, -0.2) is 11.0 Å². The molecule has 2 rings (SSSR count). The van der Waals surface area contributed by atoms with Gasteiger partial charge in [0.15, 0.2) is 0 Å². The molecule has 0 aromatic heterocycles. The summed E-state index contributed by atoms with van der Waals surface area (Å²) >= 11 is 3.34. The Morgan fingerprint density at radius 1 is 1.19 bits per heavy atom. The number of rotatable bonds is 3. The number of hydrogen-bond donors (Lipinski definition) is 2. The van der Waals surface area contributed by atoms with Gasteiger partial charge in [-0.1, -0.05) is 12.1 Å². The van der Waals surface area contributed by atoms with Gasteiger partial charge in [-0.05, 0) is 46.6 Å². The SMILES string of the molecule is Cc1ccc(Br)c(NC(=O)Nc2cccc([N+](=O)[O-])c2)c1. The number of hydrogen-bond acceptors (Lipinski definition) is 3. The Morgan fingerprint density at radius 2 is 1.95 bits per heavy atom. The maximum absolute atomic E-state index is 11.9. The first-order valence-corrected chi connectivity index (χ1v) is 6.83. The number of nitro groups is 1. The van der Waals surface area contributed by atoms with Crippen molar-refractivity contribution in [2.75, 3.05) is 10.6 Å². The van der Waals surface area contributed by atoms with Crippen molar-refractivity contribution in [3.05, 3.63) is 62.6 Å². The first kappa shape index (κ1) is 15.0. The number of carbonyl (C=O) groups is 1. The van der Waals surface area contributed by atoms with Crippen LogP contribution in [0.1, 0.15) is 5.56 Å². The minimum Gasteiger partial charge on any atom is -0.307 e. The van der Waals surface area contributed by atoms with E-state index in [-0.39, 0.29) is 5.69 Å². The lowest BCUT2D eigenvalue weighted by Crippen LogP contribution is -2.19. The molecular weight excluding hydrogens is 338 g/mol. The lowest BCUT2D eigenvalue weighted by atomic mass is 10.2. The number of aryl methyl sites for hydroxylation is 1. The number of urea groups is 1. The van der Waals surface area contributed by atoms with Gasteiger partial charge in [0.2, 0.25) is 0 Å². The van der Waals surface area contributed by atoms with Crippen molar-refractivity contribution in [3.8, 4) is 0 Å². The number of carbonyl (C=O) groups excluding carboxylic acids is 1. The van der Waals surface area contributed by atoms with E-state index in [4.69, 9.17) is 0 Å². The molecule has 0 saturated heterocycles. The summed E-state index contributed by atoms with van der Waals surface area (Å²) in [5.74, 6) is 0. The van der Waals surface area contributed by atoms with Crippen LogP contribution in [0.4, 0.5) is 21.9 Å². The number of nitrogens with zero attached hydrogens (tertiary/aromatic N) is 1. The molecule has 2 aromatic rings. The molecule has 7 heteroatoms. The van der Waals surface area contributed by atoms with E-state index < -0.39 is 11.0 Å². The van der Waals surface area contributed by atoms with Gasteiger partial charge in [0, 0.05) is 22.3 Å². The van der Waals surface area contributed by atoms with Gasteiger partial charge < -0.3 is 10.6 Å². The van der Waals surface area contributed by atoms with Crippen LogP contribution in [0, 0.1) is 17.0 Å². The summed E-state index contributed by atoms with van der Waals surface area (Å²) in [7, 11) is 0. The maximum Gasteiger partial charge on any atom is 0.323 e. The molecule has 0 aliphatic carbocycles. The molecule has 0 radical (unpaired) electrons. The average Bonchev–Trinajstić information content (AvgIpc) is 2.43. The van der Waals surface area contributed by atoms with E-state index in [2.05, 4.69) is 26.6 Å². The second-order valence-corrected chi connectivity index (χ2v) is 5.22. The molecule has 6 nitrogen and oxygen atoms in total. The van der Waals surface area contributed by atoms with Crippen molar-refractivity contribution in [2.45, 2.75) is 6.92 Å². The van der Waals surface area contributed by atoms with Gasteiger partial charge in [-0.25, -0.2) is 4.79 Å². The minimum atomic E-state index is -0.514. The summed E-state index contributed by atoms with van der Waals surface area (Å²) in [4.78, 5) is 22.1. The summed E-state index contributed by atoms with van der Waals surface area (Å²) < 4.78 is 0.752. The van der Waals surface area contributed by atoms with E-state index in [1.807, 2.05) is 25.1 Å². The summed E-state index contributed by atoms with van der Waals surface area (Å²) in [6.45, 7) is 1.91. The molecular formula is C14H12BrN3O3. The van der Waals surface area contributed by atoms with Gasteiger partial charge in [-0.3, -0.25) is 10.1 Å². The highest BCUT2D eigenvalue weighted by molar-refractivity contribution is 9.10. The van der Waals surface area contributed by atoms with Crippen molar-refractivity contribution in [3.63, 3.8) is 0 Å². The third-order valence-corrected chi connectivity index (χ3v) is 3.38. The zero-order valence-electron chi connectivity index (χ0n) is 11.1. The van der Waals surface area contributed by atoms with E-state index >= 15 is 0 Å². The van der Waals surface area contributed by atoms with Crippen molar-refractivity contribution in [1.29, 1.82) is 0 Å². The molecule has 0 heterocycles. The number of nitrogens with one attached hydrogen (secondary N) is 2. The largest absolute Gasteiger partial charge is 0.323 e. The Labute approximate surface area is 129 Å². The molecule has 0 fully saturated rings.